The number of carbonyl (C=O) groups is 1. The number of imidazole rings is 1. The van der Waals surface area contributed by atoms with Crippen LogP contribution in [-0.4, -0.2) is 27.7 Å². The minimum absolute atomic E-state index is 0.0895. The van der Waals surface area contributed by atoms with Gasteiger partial charge in [-0.2, -0.15) is 0 Å². The molecule has 2 N–H and O–H groups in total. The van der Waals surface area contributed by atoms with Crippen LogP contribution in [0.4, 0.5) is 0 Å². The summed E-state index contributed by atoms with van der Waals surface area (Å²) < 4.78 is 5.38. The largest absolute Gasteiger partial charge is 0.494 e. The summed E-state index contributed by atoms with van der Waals surface area (Å²) in [4.78, 5) is 17.9. The van der Waals surface area contributed by atoms with Gasteiger partial charge in [-0.15, -0.1) is 0 Å². The second-order valence-corrected chi connectivity index (χ2v) is 4.08. The Hall–Kier alpha value is -2.30. The van der Waals surface area contributed by atoms with Gasteiger partial charge in [0.25, 0.3) is 0 Å². The number of aliphatic carboxylic acids is 1. The first kappa shape index (κ1) is 13.1. The van der Waals surface area contributed by atoms with Gasteiger partial charge < -0.3 is 14.8 Å². The van der Waals surface area contributed by atoms with E-state index in [1.165, 1.54) is 0 Å². The fraction of sp³-hybridized carbons (Fsp3) is 0.286. The zero-order valence-corrected chi connectivity index (χ0v) is 10.7. The van der Waals surface area contributed by atoms with Crippen LogP contribution in [0.1, 0.15) is 19.0 Å². The molecule has 1 aromatic heterocycles. The number of aryl methyl sites for hydroxylation is 1. The van der Waals surface area contributed by atoms with E-state index < -0.39 is 5.97 Å². The summed E-state index contributed by atoms with van der Waals surface area (Å²) in [7, 11) is 0. The molecule has 5 nitrogen and oxygen atoms in total. The minimum Gasteiger partial charge on any atom is -0.494 e. The van der Waals surface area contributed by atoms with Crippen LogP contribution in [0.2, 0.25) is 0 Å². The molecular formula is C14H16N2O3. The van der Waals surface area contributed by atoms with Crippen molar-refractivity contribution >= 4 is 5.97 Å². The number of aromatic nitrogens is 2. The molecule has 0 atom stereocenters. The molecule has 0 aliphatic heterocycles. The van der Waals surface area contributed by atoms with E-state index in [4.69, 9.17) is 9.84 Å². The zero-order valence-electron chi connectivity index (χ0n) is 10.7. The number of carboxylic acid groups (broad SMARTS) is 1. The van der Waals surface area contributed by atoms with E-state index in [0.717, 1.165) is 22.7 Å². The van der Waals surface area contributed by atoms with Crippen molar-refractivity contribution in [3.63, 3.8) is 0 Å². The van der Waals surface area contributed by atoms with Crippen molar-refractivity contribution in [1.29, 1.82) is 0 Å². The van der Waals surface area contributed by atoms with Crippen LogP contribution >= 0.6 is 0 Å². The lowest BCUT2D eigenvalue weighted by Crippen LogP contribution is -1.99. The summed E-state index contributed by atoms with van der Waals surface area (Å²) in [5.74, 6) is 0.00103. The number of carboxylic acids is 1. The molecule has 0 amide bonds. The molecule has 0 saturated heterocycles. The molecule has 0 bridgehead atoms. The van der Waals surface area contributed by atoms with Crippen molar-refractivity contribution < 1.29 is 14.6 Å². The maximum absolute atomic E-state index is 10.6. The topological polar surface area (TPSA) is 75.2 Å². The van der Waals surface area contributed by atoms with Crippen molar-refractivity contribution in [2.75, 3.05) is 6.61 Å². The van der Waals surface area contributed by atoms with Crippen molar-refractivity contribution in [3.8, 4) is 17.0 Å². The van der Waals surface area contributed by atoms with Crippen LogP contribution in [-0.2, 0) is 11.2 Å². The fourth-order valence-corrected chi connectivity index (χ4v) is 1.87. The second kappa shape index (κ2) is 6.04. The highest BCUT2D eigenvalue weighted by molar-refractivity contribution is 5.68. The molecule has 100 valence electrons. The molecule has 0 radical (unpaired) electrons. The van der Waals surface area contributed by atoms with E-state index in [1.54, 1.807) is 6.33 Å². The summed E-state index contributed by atoms with van der Waals surface area (Å²) in [5, 5.41) is 8.72. The van der Waals surface area contributed by atoms with E-state index >= 15 is 0 Å². The number of ether oxygens (including phenoxy) is 1. The van der Waals surface area contributed by atoms with Gasteiger partial charge in [0.1, 0.15) is 5.75 Å². The van der Waals surface area contributed by atoms with Crippen molar-refractivity contribution in [3.05, 3.63) is 36.3 Å². The molecule has 0 aliphatic rings. The smallest absolute Gasteiger partial charge is 0.303 e. The van der Waals surface area contributed by atoms with Gasteiger partial charge >= 0.3 is 5.97 Å². The van der Waals surface area contributed by atoms with Crippen molar-refractivity contribution in [2.24, 2.45) is 0 Å². The molecule has 1 heterocycles. The number of benzene rings is 1. The molecule has 19 heavy (non-hydrogen) atoms. The van der Waals surface area contributed by atoms with Gasteiger partial charge in [-0.05, 0) is 31.2 Å². The Labute approximate surface area is 111 Å². The molecular weight excluding hydrogens is 244 g/mol. The monoisotopic (exact) mass is 260 g/mol. The average molecular weight is 260 g/mol. The third-order valence-corrected chi connectivity index (χ3v) is 2.75. The molecule has 0 fully saturated rings. The van der Waals surface area contributed by atoms with Crippen LogP contribution < -0.4 is 4.74 Å². The van der Waals surface area contributed by atoms with Gasteiger partial charge in [-0.1, -0.05) is 0 Å². The van der Waals surface area contributed by atoms with Crippen molar-refractivity contribution in [1.82, 2.24) is 9.97 Å². The van der Waals surface area contributed by atoms with Crippen LogP contribution in [0.15, 0.2) is 30.6 Å². The molecule has 1 aromatic carbocycles. The van der Waals surface area contributed by atoms with Gasteiger partial charge in [0, 0.05) is 17.7 Å². The summed E-state index contributed by atoms with van der Waals surface area (Å²) in [6.45, 7) is 2.57. The second-order valence-electron chi connectivity index (χ2n) is 4.08. The van der Waals surface area contributed by atoms with E-state index in [9.17, 15) is 4.79 Å². The Balaban J connectivity index is 2.17. The van der Waals surface area contributed by atoms with Crippen LogP contribution in [0.25, 0.3) is 11.3 Å². The van der Waals surface area contributed by atoms with E-state index in [1.807, 2.05) is 31.2 Å². The van der Waals surface area contributed by atoms with Crippen LogP contribution in [0, 0.1) is 0 Å². The molecule has 0 aliphatic carbocycles. The predicted molar refractivity (Wildman–Crippen MR) is 71.1 cm³/mol. The first-order valence-electron chi connectivity index (χ1n) is 6.18. The lowest BCUT2D eigenvalue weighted by molar-refractivity contribution is -0.136. The lowest BCUT2D eigenvalue weighted by Gasteiger charge is -2.05. The number of H-pyrrole nitrogens is 1. The predicted octanol–water partition coefficient (Wildman–Crippen LogP) is 2.49. The highest BCUT2D eigenvalue weighted by Gasteiger charge is 2.10. The summed E-state index contributed by atoms with van der Waals surface area (Å²) in [5.41, 5.74) is 2.58. The molecule has 5 heteroatoms. The molecule has 0 saturated carbocycles. The van der Waals surface area contributed by atoms with Gasteiger partial charge in [0.15, 0.2) is 0 Å². The maximum atomic E-state index is 10.6. The Morgan fingerprint density at radius 3 is 2.74 bits per heavy atom. The number of rotatable bonds is 6. The van der Waals surface area contributed by atoms with Gasteiger partial charge in [0.05, 0.1) is 25.0 Å². The Morgan fingerprint density at radius 2 is 2.11 bits per heavy atom. The first-order valence-corrected chi connectivity index (χ1v) is 6.18. The average Bonchev–Trinajstić information content (AvgIpc) is 2.86. The zero-order chi connectivity index (χ0) is 13.7. The Kier molecular flexibility index (Phi) is 4.18. The Bertz CT molecular complexity index is 546. The van der Waals surface area contributed by atoms with Crippen LogP contribution in [0.3, 0.4) is 0 Å². The van der Waals surface area contributed by atoms with Gasteiger partial charge in [-0.3, -0.25) is 4.79 Å². The molecule has 2 aromatic rings. The number of hydrogen-bond donors (Lipinski definition) is 2. The summed E-state index contributed by atoms with van der Waals surface area (Å²) >= 11 is 0. The molecule has 0 unspecified atom stereocenters. The number of aromatic amines is 1. The third-order valence-electron chi connectivity index (χ3n) is 2.75. The lowest BCUT2D eigenvalue weighted by atomic mass is 10.1. The number of hydrogen-bond acceptors (Lipinski definition) is 3. The third kappa shape index (κ3) is 3.34. The molecule has 2 rings (SSSR count). The summed E-state index contributed by atoms with van der Waals surface area (Å²) in [6, 6.07) is 7.61. The highest BCUT2D eigenvalue weighted by Crippen LogP contribution is 2.24. The quantitative estimate of drug-likeness (QED) is 0.836. The van der Waals surface area contributed by atoms with E-state index in [0.29, 0.717) is 13.0 Å². The van der Waals surface area contributed by atoms with Crippen molar-refractivity contribution in [2.45, 2.75) is 19.8 Å². The van der Waals surface area contributed by atoms with E-state index in [-0.39, 0.29) is 6.42 Å². The van der Waals surface area contributed by atoms with E-state index in [2.05, 4.69) is 9.97 Å². The first-order chi connectivity index (χ1) is 9.20. The maximum Gasteiger partial charge on any atom is 0.303 e. The number of nitrogens with zero attached hydrogens (tertiary/aromatic N) is 1. The summed E-state index contributed by atoms with van der Waals surface area (Å²) in [6.07, 6.45) is 2.12. The van der Waals surface area contributed by atoms with Gasteiger partial charge in [-0.25, -0.2) is 4.98 Å². The standard InChI is InChI=1S/C14H16N2O3/c1-2-19-11-5-3-10(4-6-11)14-12(15-9-16-14)7-8-13(17)18/h3-6,9H,2,7-8H2,1H3,(H,15,16)(H,17,18). The normalized spacial score (nSPS) is 10.4. The van der Waals surface area contributed by atoms with Gasteiger partial charge in [0.2, 0.25) is 0 Å². The Morgan fingerprint density at radius 1 is 1.37 bits per heavy atom. The SMILES string of the molecule is CCOc1ccc(-c2nc[nH]c2CCC(=O)O)cc1. The van der Waals surface area contributed by atoms with Crippen LogP contribution in [0.5, 0.6) is 5.75 Å². The molecule has 0 spiro atoms. The highest BCUT2D eigenvalue weighted by atomic mass is 16.5. The minimum atomic E-state index is -0.813. The number of nitrogens with one attached hydrogen (secondary N) is 1. The fourth-order valence-electron chi connectivity index (χ4n) is 1.87.